The highest BCUT2D eigenvalue weighted by atomic mass is 32.1. The molecule has 2 fully saturated rings. The fourth-order valence-electron chi connectivity index (χ4n) is 3.52. The van der Waals surface area contributed by atoms with Crippen molar-refractivity contribution in [2.45, 2.75) is 38.5 Å². The van der Waals surface area contributed by atoms with Gasteiger partial charge >= 0.3 is 5.97 Å². The van der Waals surface area contributed by atoms with Crippen molar-refractivity contribution in [2.24, 2.45) is 11.7 Å². The summed E-state index contributed by atoms with van der Waals surface area (Å²) in [5.74, 6) is -0.574. The van der Waals surface area contributed by atoms with Gasteiger partial charge in [-0.1, -0.05) is 0 Å². The minimum atomic E-state index is -0.370. The molecule has 1 aromatic rings. The maximum atomic E-state index is 12.5. The molecule has 4 N–H and O–H groups in total. The van der Waals surface area contributed by atoms with Crippen LogP contribution >= 0.6 is 11.3 Å². The third kappa shape index (κ3) is 4.42. The van der Waals surface area contributed by atoms with Crippen molar-refractivity contribution < 1.29 is 24.0 Å². The lowest BCUT2D eigenvalue weighted by Crippen LogP contribution is -3.14. The Kier molecular flexibility index (Phi) is 5.93. The van der Waals surface area contributed by atoms with E-state index < -0.39 is 0 Å². The zero-order valence-corrected chi connectivity index (χ0v) is 15.8. The summed E-state index contributed by atoms with van der Waals surface area (Å²) in [6, 6.07) is 0. The Balaban J connectivity index is 1.65. The molecule has 8 heteroatoms. The summed E-state index contributed by atoms with van der Waals surface area (Å²) in [4.78, 5) is 37.3. The monoisotopic (exact) mass is 380 g/mol. The molecule has 3 rings (SSSR count). The smallest absolute Gasteiger partial charge is 0.341 e. The molecule has 1 aromatic heterocycles. The average Bonchev–Trinajstić information content (AvgIpc) is 3.36. The first-order valence-electron chi connectivity index (χ1n) is 9.20. The summed E-state index contributed by atoms with van der Waals surface area (Å²) >= 11 is 1.38. The van der Waals surface area contributed by atoms with Crippen LogP contribution in [0, 0.1) is 5.92 Å². The van der Waals surface area contributed by atoms with E-state index in [2.05, 4.69) is 5.32 Å². The van der Waals surface area contributed by atoms with E-state index in [1.807, 2.05) is 5.38 Å². The first kappa shape index (κ1) is 18.8. The van der Waals surface area contributed by atoms with Gasteiger partial charge in [0.15, 0.2) is 6.54 Å². The molecule has 2 heterocycles. The van der Waals surface area contributed by atoms with Crippen molar-refractivity contribution in [2.75, 3.05) is 31.6 Å². The Labute approximate surface area is 156 Å². The molecule has 0 aromatic carbocycles. The summed E-state index contributed by atoms with van der Waals surface area (Å²) in [6.07, 6.45) is 3.82. The predicted octanol–water partition coefficient (Wildman–Crippen LogP) is 0.521. The minimum absolute atomic E-state index is 0.153. The molecule has 2 amide bonds. The van der Waals surface area contributed by atoms with Crippen molar-refractivity contribution in [1.82, 2.24) is 0 Å². The number of likely N-dealkylation sites (tertiary alicyclic amines) is 1. The molecule has 26 heavy (non-hydrogen) atoms. The Morgan fingerprint density at radius 1 is 1.35 bits per heavy atom. The van der Waals surface area contributed by atoms with E-state index >= 15 is 0 Å². The number of thiophene rings is 1. The van der Waals surface area contributed by atoms with Crippen LogP contribution in [0.2, 0.25) is 0 Å². The molecular weight excluding hydrogens is 354 g/mol. The number of nitrogens with two attached hydrogens (primary N) is 1. The minimum Gasteiger partial charge on any atom is -0.462 e. The molecule has 1 saturated heterocycles. The van der Waals surface area contributed by atoms with Gasteiger partial charge < -0.3 is 20.7 Å². The number of carbonyl (C=O) groups is 3. The van der Waals surface area contributed by atoms with Gasteiger partial charge in [0.25, 0.3) is 5.91 Å². The number of primary amides is 1. The highest BCUT2D eigenvalue weighted by Gasteiger charge is 2.33. The average molecular weight is 380 g/mol. The first-order chi connectivity index (χ1) is 12.5. The molecule has 142 valence electrons. The number of amides is 2. The molecule has 1 aliphatic heterocycles. The Bertz CT molecular complexity index is 699. The Hall–Kier alpha value is -1.93. The third-order valence-corrected chi connectivity index (χ3v) is 5.91. The molecule has 1 aliphatic carbocycles. The van der Waals surface area contributed by atoms with Crippen molar-refractivity contribution in [1.29, 1.82) is 0 Å². The second-order valence-electron chi connectivity index (χ2n) is 7.06. The third-order valence-electron chi connectivity index (χ3n) is 5.00. The van der Waals surface area contributed by atoms with Crippen LogP contribution in [-0.2, 0) is 14.3 Å². The summed E-state index contributed by atoms with van der Waals surface area (Å²) in [5, 5.41) is 5.41. The molecule has 7 nitrogen and oxygen atoms in total. The van der Waals surface area contributed by atoms with Gasteiger partial charge in [0, 0.05) is 0 Å². The van der Waals surface area contributed by atoms with Crippen LogP contribution in [-0.4, -0.2) is 44.0 Å². The van der Waals surface area contributed by atoms with Crippen LogP contribution in [0.15, 0.2) is 5.38 Å². The zero-order valence-electron chi connectivity index (χ0n) is 15.0. The summed E-state index contributed by atoms with van der Waals surface area (Å²) in [7, 11) is 0. The van der Waals surface area contributed by atoms with E-state index in [4.69, 9.17) is 10.5 Å². The second kappa shape index (κ2) is 8.18. The molecule has 1 unspecified atom stereocenters. The standard InChI is InChI=1S/C18H25N3O4S/c1-2-25-18(24)15-13(11-5-6-11)10-26-17(15)20-14(22)9-21-7-3-4-12(8-21)16(19)23/h10-12H,2-9H2,1H3,(H2,19,23)(H,20,22)/p+1/t12-/m0/s1. The highest BCUT2D eigenvalue weighted by Crippen LogP contribution is 2.46. The maximum Gasteiger partial charge on any atom is 0.341 e. The van der Waals surface area contributed by atoms with Gasteiger partial charge in [0.2, 0.25) is 5.91 Å². The lowest BCUT2D eigenvalue weighted by molar-refractivity contribution is -0.899. The van der Waals surface area contributed by atoms with E-state index in [-0.39, 0.29) is 30.2 Å². The van der Waals surface area contributed by atoms with Crippen LogP contribution < -0.4 is 16.0 Å². The number of nitrogens with one attached hydrogen (secondary N) is 2. The van der Waals surface area contributed by atoms with Crippen molar-refractivity contribution in [3.63, 3.8) is 0 Å². The number of esters is 1. The van der Waals surface area contributed by atoms with Crippen LogP contribution in [0.3, 0.4) is 0 Å². The van der Waals surface area contributed by atoms with Crippen molar-refractivity contribution in [3.05, 3.63) is 16.5 Å². The van der Waals surface area contributed by atoms with E-state index in [0.29, 0.717) is 29.6 Å². The van der Waals surface area contributed by atoms with Gasteiger partial charge in [-0.3, -0.25) is 9.59 Å². The first-order valence-corrected chi connectivity index (χ1v) is 10.1. The molecule has 1 saturated carbocycles. The molecule has 2 atom stereocenters. The second-order valence-corrected chi connectivity index (χ2v) is 7.94. The number of ether oxygens (including phenoxy) is 1. The summed E-state index contributed by atoms with van der Waals surface area (Å²) in [5.41, 5.74) is 6.90. The normalized spacial score (nSPS) is 22.7. The lowest BCUT2D eigenvalue weighted by Gasteiger charge is -2.27. The van der Waals surface area contributed by atoms with Crippen molar-refractivity contribution in [3.8, 4) is 0 Å². The van der Waals surface area contributed by atoms with Gasteiger partial charge in [-0.15, -0.1) is 11.3 Å². The quantitative estimate of drug-likeness (QED) is 0.600. The van der Waals surface area contributed by atoms with E-state index in [1.165, 1.54) is 11.3 Å². The molecule has 0 radical (unpaired) electrons. The van der Waals surface area contributed by atoms with Gasteiger partial charge in [-0.05, 0) is 49.5 Å². The molecule has 2 aliphatic rings. The van der Waals surface area contributed by atoms with Crippen LogP contribution in [0.4, 0.5) is 5.00 Å². The fraction of sp³-hybridized carbons (Fsp3) is 0.611. The van der Waals surface area contributed by atoms with Crippen LogP contribution in [0.1, 0.15) is 54.4 Å². The number of hydrogen-bond acceptors (Lipinski definition) is 5. The largest absolute Gasteiger partial charge is 0.462 e. The van der Waals surface area contributed by atoms with Crippen LogP contribution in [0.5, 0.6) is 0 Å². The molecule has 0 bridgehead atoms. The maximum absolute atomic E-state index is 12.5. The number of hydrogen-bond donors (Lipinski definition) is 3. The Morgan fingerprint density at radius 3 is 2.77 bits per heavy atom. The molecular formula is C18H26N3O4S+. The number of anilines is 1. The number of carbonyl (C=O) groups excluding carboxylic acids is 3. The van der Waals surface area contributed by atoms with E-state index in [9.17, 15) is 14.4 Å². The Morgan fingerprint density at radius 2 is 2.12 bits per heavy atom. The van der Waals surface area contributed by atoms with Gasteiger partial charge in [0.05, 0.1) is 31.2 Å². The van der Waals surface area contributed by atoms with Crippen LogP contribution in [0.25, 0.3) is 0 Å². The van der Waals surface area contributed by atoms with Gasteiger partial charge in [-0.25, -0.2) is 4.79 Å². The van der Waals surface area contributed by atoms with E-state index in [1.54, 1.807) is 6.92 Å². The van der Waals surface area contributed by atoms with E-state index in [0.717, 1.165) is 42.7 Å². The summed E-state index contributed by atoms with van der Waals surface area (Å²) < 4.78 is 5.18. The predicted molar refractivity (Wildman–Crippen MR) is 98.4 cm³/mol. The number of piperidine rings is 1. The highest BCUT2D eigenvalue weighted by molar-refractivity contribution is 7.15. The molecule has 0 spiro atoms. The van der Waals surface area contributed by atoms with Crippen molar-refractivity contribution >= 4 is 34.1 Å². The van der Waals surface area contributed by atoms with Gasteiger partial charge in [0.1, 0.15) is 5.00 Å². The summed E-state index contributed by atoms with van der Waals surface area (Å²) in [6.45, 7) is 3.78. The van der Waals surface area contributed by atoms with Gasteiger partial charge in [-0.2, -0.15) is 0 Å². The number of quaternary nitrogens is 1. The zero-order chi connectivity index (χ0) is 18.7. The SMILES string of the molecule is CCOC(=O)c1c(C2CC2)csc1NC(=O)C[NH+]1CCC[C@H](C(N)=O)C1. The lowest BCUT2D eigenvalue weighted by atomic mass is 9.97. The number of rotatable bonds is 7. The fourth-order valence-corrected chi connectivity index (χ4v) is 4.57. The topological polar surface area (TPSA) is 103 Å².